The van der Waals surface area contributed by atoms with Crippen LogP contribution in [0.2, 0.25) is 0 Å². The molecule has 0 unspecified atom stereocenters. The molecule has 0 fully saturated rings. The number of ketones is 1. The Hall–Kier alpha value is -4.27. The molecule has 0 radical (unpaired) electrons. The number of carbonyl (C=O) groups is 3. The molecule has 11 heteroatoms. The second-order valence-electron chi connectivity index (χ2n) is 7.94. The number of thiazole rings is 2. The molecule has 0 saturated carbocycles. The molecular formula is C26H20FN5O3S2. The number of nitrogens with one attached hydrogen (secondary N) is 2. The van der Waals surface area contributed by atoms with E-state index in [2.05, 4.69) is 20.6 Å². The SMILES string of the molecule is N#Cc1cc(F)cc(-c2nc(CC(=O)N[C@H](Cc3ccccc3)C(=O)C(=O)NCc3nccs3)cs2)c1. The Morgan fingerprint density at radius 1 is 1.11 bits per heavy atom. The highest BCUT2D eigenvalue weighted by Crippen LogP contribution is 2.26. The Balaban J connectivity index is 1.44. The van der Waals surface area contributed by atoms with E-state index in [0.717, 1.165) is 11.6 Å². The summed E-state index contributed by atoms with van der Waals surface area (Å²) in [5.41, 5.74) is 1.80. The van der Waals surface area contributed by atoms with Crippen molar-refractivity contribution in [3.63, 3.8) is 0 Å². The molecule has 37 heavy (non-hydrogen) atoms. The van der Waals surface area contributed by atoms with Crippen molar-refractivity contribution < 1.29 is 18.8 Å². The first-order valence-electron chi connectivity index (χ1n) is 11.1. The summed E-state index contributed by atoms with van der Waals surface area (Å²) in [6.45, 7) is 0.115. The fourth-order valence-corrected chi connectivity index (χ4v) is 4.87. The number of hydrogen-bond donors (Lipinski definition) is 2. The predicted octanol–water partition coefficient (Wildman–Crippen LogP) is 3.43. The van der Waals surface area contributed by atoms with Gasteiger partial charge in [0.2, 0.25) is 11.7 Å². The van der Waals surface area contributed by atoms with Gasteiger partial charge >= 0.3 is 0 Å². The van der Waals surface area contributed by atoms with Crippen molar-refractivity contribution in [3.05, 3.63) is 93.1 Å². The van der Waals surface area contributed by atoms with E-state index < -0.39 is 29.5 Å². The van der Waals surface area contributed by atoms with Crippen LogP contribution in [0, 0.1) is 17.1 Å². The largest absolute Gasteiger partial charge is 0.345 e. The molecule has 0 aliphatic heterocycles. The molecule has 8 nitrogen and oxygen atoms in total. The van der Waals surface area contributed by atoms with Gasteiger partial charge in [-0.2, -0.15) is 5.26 Å². The topological polar surface area (TPSA) is 125 Å². The van der Waals surface area contributed by atoms with Gasteiger partial charge < -0.3 is 10.6 Å². The third-order valence-corrected chi connectivity index (χ3v) is 6.93. The molecule has 0 bridgehead atoms. The molecule has 2 heterocycles. The van der Waals surface area contributed by atoms with Crippen LogP contribution < -0.4 is 10.6 Å². The Kier molecular flexibility index (Phi) is 8.45. The number of carbonyl (C=O) groups excluding carboxylic acids is 3. The van der Waals surface area contributed by atoms with Crippen molar-refractivity contribution in [2.45, 2.75) is 25.4 Å². The Bertz CT molecular complexity index is 1450. The van der Waals surface area contributed by atoms with Gasteiger partial charge in [0.05, 0.1) is 30.3 Å². The minimum atomic E-state index is -1.08. The molecule has 1 atom stereocenters. The van der Waals surface area contributed by atoms with Gasteiger partial charge in [-0.15, -0.1) is 22.7 Å². The fraction of sp³-hybridized carbons (Fsp3) is 0.154. The van der Waals surface area contributed by atoms with E-state index in [9.17, 15) is 18.8 Å². The number of Topliss-reactive ketones (excluding diaryl/α,β-unsaturated/α-hetero) is 1. The minimum absolute atomic E-state index is 0.115. The Morgan fingerprint density at radius 2 is 1.92 bits per heavy atom. The van der Waals surface area contributed by atoms with Gasteiger partial charge in [-0.3, -0.25) is 14.4 Å². The Labute approximate surface area is 219 Å². The monoisotopic (exact) mass is 533 g/mol. The number of amides is 2. The predicted molar refractivity (Wildman–Crippen MR) is 137 cm³/mol. The van der Waals surface area contributed by atoms with Gasteiger partial charge in [-0.1, -0.05) is 30.3 Å². The number of rotatable bonds is 10. The van der Waals surface area contributed by atoms with Gasteiger partial charge in [0.15, 0.2) is 0 Å². The average molecular weight is 534 g/mol. The summed E-state index contributed by atoms with van der Waals surface area (Å²) in [6, 6.07) is 13.8. The van der Waals surface area contributed by atoms with Crippen LogP contribution in [-0.4, -0.2) is 33.6 Å². The zero-order valence-corrected chi connectivity index (χ0v) is 20.9. The highest BCUT2D eigenvalue weighted by molar-refractivity contribution is 7.13. The molecule has 4 rings (SSSR count). The number of benzene rings is 2. The summed E-state index contributed by atoms with van der Waals surface area (Å²) < 4.78 is 13.8. The highest BCUT2D eigenvalue weighted by Gasteiger charge is 2.27. The zero-order chi connectivity index (χ0) is 26.2. The number of nitrogens with zero attached hydrogens (tertiary/aromatic N) is 3. The highest BCUT2D eigenvalue weighted by atomic mass is 32.1. The molecular weight excluding hydrogens is 513 g/mol. The number of aromatic nitrogens is 2. The standard InChI is InChI=1S/C26H20FN5O3S2/c27-19-9-17(13-28)8-18(11-19)26-31-20(15-37-26)12-22(33)32-21(10-16-4-2-1-3-5-16)24(34)25(35)30-14-23-29-6-7-36-23/h1-9,11,15,21H,10,12,14H2,(H,30,35)(H,32,33)/t21-/m1/s1. The molecule has 0 aliphatic carbocycles. The smallest absolute Gasteiger partial charge is 0.289 e. The lowest BCUT2D eigenvalue weighted by atomic mass is 10.0. The third kappa shape index (κ3) is 7.13. The van der Waals surface area contributed by atoms with Crippen LogP contribution in [0.4, 0.5) is 4.39 Å². The van der Waals surface area contributed by atoms with Gasteiger partial charge in [-0.05, 0) is 23.8 Å². The lowest BCUT2D eigenvalue weighted by molar-refractivity contribution is -0.140. The van der Waals surface area contributed by atoms with E-state index in [1.165, 1.54) is 34.8 Å². The summed E-state index contributed by atoms with van der Waals surface area (Å²) in [7, 11) is 0. The molecule has 2 amide bonds. The van der Waals surface area contributed by atoms with Crippen LogP contribution in [0.3, 0.4) is 0 Å². The zero-order valence-electron chi connectivity index (χ0n) is 19.3. The summed E-state index contributed by atoms with van der Waals surface area (Å²) >= 11 is 2.56. The van der Waals surface area contributed by atoms with E-state index >= 15 is 0 Å². The van der Waals surface area contributed by atoms with Crippen molar-refractivity contribution in [2.24, 2.45) is 0 Å². The lowest BCUT2D eigenvalue weighted by Crippen LogP contribution is -2.49. The van der Waals surface area contributed by atoms with Crippen molar-refractivity contribution in [2.75, 3.05) is 0 Å². The van der Waals surface area contributed by atoms with E-state index in [-0.39, 0.29) is 24.9 Å². The lowest BCUT2D eigenvalue weighted by Gasteiger charge is -2.17. The van der Waals surface area contributed by atoms with Gasteiger partial charge in [0.1, 0.15) is 21.9 Å². The molecule has 186 valence electrons. The van der Waals surface area contributed by atoms with E-state index in [1.807, 2.05) is 24.3 Å². The first kappa shape index (κ1) is 25.8. The van der Waals surface area contributed by atoms with Crippen LogP contribution >= 0.6 is 22.7 Å². The van der Waals surface area contributed by atoms with Crippen LogP contribution in [0.25, 0.3) is 10.6 Å². The van der Waals surface area contributed by atoms with E-state index in [0.29, 0.717) is 21.3 Å². The molecule has 2 N–H and O–H groups in total. The average Bonchev–Trinajstić information content (AvgIpc) is 3.59. The van der Waals surface area contributed by atoms with Crippen LogP contribution in [0.5, 0.6) is 0 Å². The first-order chi connectivity index (χ1) is 17.9. The van der Waals surface area contributed by atoms with E-state index in [4.69, 9.17) is 5.26 Å². The van der Waals surface area contributed by atoms with Crippen molar-refractivity contribution >= 4 is 40.3 Å². The summed E-state index contributed by atoms with van der Waals surface area (Å²) in [4.78, 5) is 46.8. The van der Waals surface area contributed by atoms with Crippen molar-refractivity contribution in [1.29, 1.82) is 5.26 Å². The van der Waals surface area contributed by atoms with Crippen molar-refractivity contribution in [1.82, 2.24) is 20.6 Å². The minimum Gasteiger partial charge on any atom is -0.345 e. The third-order valence-electron chi connectivity index (χ3n) is 5.21. The quantitative estimate of drug-likeness (QED) is 0.301. The second kappa shape index (κ2) is 12.1. The summed E-state index contributed by atoms with van der Waals surface area (Å²) in [5.74, 6) is -2.63. The second-order valence-corrected chi connectivity index (χ2v) is 9.78. The summed E-state index contributed by atoms with van der Waals surface area (Å²) in [6.07, 6.45) is 1.60. The molecule has 0 spiro atoms. The fourth-order valence-electron chi connectivity index (χ4n) is 3.51. The number of halogens is 1. The first-order valence-corrected chi connectivity index (χ1v) is 12.9. The summed E-state index contributed by atoms with van der Waals surface area (Å²) in [5, 5.41) is 18.8. The number of nitriles is 1. The van der Waals surface area contributed by atoms with Gasteiger partial charge in [-0.25, -0.2) is 14.4 Å². The normalized spacial score (nSPS) is 11.4. The molecule has 0 saturated heterocycles. The van der Waals surface area contributed by atoms with Gasteiger partial charge in [0, 0.05) is 28.9 Å². The Morgan fingerprint density at radius 3 is 2.65 bits per heavy atom. The molecule has 2 aromatic carbocycles. The van der Waals surface area contributed by atoms with Crippen LogP contribution in [0.15, 0.2) is 65.5 Å². The van der Waals surface area contributed by atoms with Crippen molar-refractivity contribution in [3.8, 4) is 16.6 Å². The van der Waals surface area contributed by atoms with E-state index in [1.54, 1.807) is 29.1 Å². The van der Waals surface area contributed by atoms with Crippen LogP contribution in [0.1, 0.15) is 21.8 Å². The molecule has 4 aromatic rings. The molecule has 2 aromatic heterocycles. The maximum atomic E-state index is 13.8. The number of hydrogen-bond acceptors (Lipinski definition) is 8. The maximum absolute atomic E-state index is 13.8. The van der Waals surface area contributed by atoms with Gasteiger partial charge in [0.25, 0.3) is 5.91 Å². The maximum Gasteiger partial charge on any atom is 0.289 e. The molecule has 0 aliphatic rings. The van der Waals surface area contributed by atoms with Crippen LogP contribution in [-0.2, 0) is 33.8 Å².